The lowest BCUT2D eigenvalue weighted by Gasteiger charge is -2.22. The predicted molar refractivity (Wildman–Crippen MR) is 82.3 cm³/mol. The molecule has 0 unspecified atom stereocenters. The lowest BCUT2D eigenvalue weighted by Crippen LogP contribution is -2.43. The summed E-state index contributed by atoms with van der Waals surface area (Å²) in [6.45, 7) is 0.519. The van der Waals surface area contributed by atoms with E-state index >= 15 is 0 Å². The molecule has 5 nitrogen and oxygen atoms in total. The highest BCUT2D eigenvalue weighted by molar-refractivity contribution is 5.74. The van der Waals surface area contributed by atoms with E-state index in [1.807, 2.05) is 0 Å². The minimum absolute atomic E-state index is 0.110. The normalized spacial score (nSPS) is 15.9. The Morgan fingerprint density at radius 1 is 1.27 bits per heavy atom. The summed E-state index contributed by atoms with van der Waals surface area (Å²) in [7, 11) is 0. The van der Waals surface area contributed by atoms with Crippen molar-refractivity contribution in [3.05, 3.63) is 36.0 Å². The summed E-state index contributed by atoms with van der Waals surface area (Å²) >= 11 is 0. The van der Waals surface area contributed by atoms with Gasteiger partial charge in [-0.3, -0.25) is 0 Å². The van der Waals surface area contributed by atoms with Crippen LogP contribution in [-0.4, -0.2) is 28.0 Å². The van der Waals surface area contributed by atoms with Gasteiger partial charge in [0.2, 0.25) is 0 Å². The molecule has 0 saturated heterocycles. The standard InChI is InChI=1S/C16H21FN4O/c17-12-6-7-15-19-14(11-21(15)10-12)8-9-18-16(22)20-13-4-2-1-3-5-13/h6-7,10-11,13H,1-5,8-9H2,(H2,18,20,22). The summed E-state index contributed by atoms with van der Waals surface area (Å²) in [5.41, 5.74) is 1.55. The molecule has 2 aromatic heterocycles. The van der Waals surface area contributed by atoms with Crippen LogP contribution in [0, 0.1) is 5.82 Å². The lowest BCUT2D eigenvalue weighted by atomic mass is 9.96. The van der Waals surface area contributed by atoms with Gasteiger partial charge in [-0.1, -0.05) is 19.3 Å². The molecule has 2 N–H and O–H groups in total. The Balaban J connectivity index is 1.46. The number of pyridine rings is 1. The van der Waals surface area contributed by atoms with Crippen molar-refractivity contribution in [2.75, 3.05) is 6.54 Å². The minimum atomic E-state index is -0.290. The van der Waals surface area contributed by atoms with Gasteiger partial charge in [0.15, 0.2) is 0 Å². The van der Waals surface area contributed by atoms with Crippen LogP contribution in [0.15, 0.2) is 24.5 Å². The summed E-state index contributed by atoms with van der Waals surface area (Å²) in [4.78, 5) is 16.2. The fraction of sp³-hybridized carbons (Fsp3) is 0.500. The van der Waals surface area contributed by atoms with Crippen LogP contribution in [0.4, 0.5) is 9.18 Å². The van der Waals surface area contributed by atoms with E-state index in [2.05, 4.69) is 15.6 Å². The Morgan fingerprint density at radius 2 is 2.09 bits per heavy atom. The number of amides is 2. The largest absolute Gasteiger partial charge is 0.338 e. The molecular formula is C16H21FN4O. The fourth-order valence-corrected chi connectivity index (χ4v) is 2.93. The molecule has 0 radical (unpaired) electrons. The molecule has 0 bridgehead atoms. The van der Waals surface area contributed by atoms with Crippen LogP contribution in [-0.2, 0) is 6.42 Å². The summed E-state index contributed by atoms with van der Waals surface area (Å²) in [6, 6.07) is 3.23. The van der Waals surface area contributed by atoms with Crippen molar-refractivity contribution in [1.29, 1.82) is 0 Å². The molecule has 2 amide bonds. The van der Waals surface area contributed by atoms with Gasteiger partial charge in [-0.15, -0.1) is 0 Å². The number of nitrogens with one attached hydrogen (secondary N) is 2. The number of hydrogen-bond donors (Lipinski definition) is 2. The van der Waals surface area contributed by atoms with Crippen LogP contribution >= 0.6 is 0 Å². The highest BCUT2D eigenvalue weighted by Gasteiger charge is 2.15. The van der Waals surface area contributed by atoms with Crippen molar-refractivity contribution in [3.8, 4) is 0 Å². The van der Waals surface area contributed by atoms with Crippen LogP contribution in [0.25, 0.3) is 5.65 Å². The minimum Gasteiger partial charge on any atom is -0.338 e. The summed E-state index contributed by atoms with van der Waals surface area (Å²) < 4.78 is 14.8. The van der Waals surface area contributed by atoms with Crippen molar-refractivity contribution in [1.82, 2.24) is 20.0 Å². The molecule has 1 aliphatic carbocycles. The zero-order valence-corrected chi connectivity index (χ0v) is 12.5. The molecule has 1 aliphatic rings. The smallest absolute Gasteiger partial charge is 0.315 e. The molecule has 0 atom stereocenters. The maximum atomic E-state index is 13.1. The summed E-state index contributed by atoms with van der Waals surface area (Å²) in [5.74, 6) is -0.290. The Morgan fingerprint density at radius 3 is 2.91 bits per heavy atom. The first kappa shape index (κ1) is 14.8. The van der Waals surface area contributed by atoms with Gasteiger partial charge in [-0.25, -0.2) is 14.2 Å². The van der Waals surface area contributed by atoms with Gasteiger partial charge in [0.1, 0.15) is 11.5 Å². The number of carbonyl (C=O) groups is 1. The average molecular weight is 304 g/mol. The second-order valence-electron chi connectivity index (χ2n) is 5.83. The molecule has 0 spiro atoms. The van der Waals surface area contributed by atoms with E-state index < -0.39 is 0 Å². The zero-order valence-electron chi connectivity index (χ0n) is 12.5. The van der Waals surface area contributed by atoms with E-state index in [1.165, 1.54) is 31.5 Å². The molecule has 0 aliphatic heterocycles. The predicted octanol–water partition coefficient (Wildman–Crippen LogP) is 2.65. The van der Waals surface area contributed by atoms with Crippen LogP contribution in [0.1, 0.15) is 37.8 Å². The number of fused-ring (bicyclic) bond motifs is 1. The Bertz CT molecular complexity index is 649. The molecule has 6 heteroatoms. The van der Waals surface area contributed by atoms with Crippen molar-refractivity contribution in [2.24, 2.45) is 0 Å². The molecule has 22 heavy (non-hydrogen) atoms. The van der Waals surface area contributed by atoms with Crippen LogP contribution in [0.3, 0.4) is 0 Å². The molecule has 3 rings (SSSR count). The molecule has 0 aromatic carbocycles. The van der Waals surface area contributed by atoms with E-state index in [9.17, 15) is 9.18 Å². The monoisotopic (exact) mass is 304 g/mol. The van der Waals surface area contributed by atoms with Crippen LogP contribution in [0.2, 0.25) is 0 Å². The van der Waals surface area contributed by atoms with E-state index in [0.29, 0.717) is 24.7 Å². The average Bonchev–Trinajstić information content (AvgIpc) is 2.90. The number of halogens is 1. The highest BCUT2D eigenvalue weighted by Crippen LogP contribution is 2.17. The number of imidazole rings is 1. The first-order chi connectivity index (χ1) is 10.7. The molecule has 1 saturated carbocycles. The number of nitrogens with zero attached hydrogens (tertiary/aromatic N) is 2. The van der Waals surface area contributed by atoms with Crippen molar-refractivity contribution in [3.63, 3.8) is 0 Å². The Kier molecular flexibility index (Phi) is 4.56. The molecule has 2 heterocycles. The number of aromatic nitrogens is 2. The van der Waals surface area contributed by atoms with E-state index in [1.54, 1.807) is 16.7 Å². The van der Waals surface area contributed by atoms with Gasteiger partial charge >= 0.3 is 6.03 Å². The Hall–Kier alpha value is -2.11. The van der Waals surface area contributed by atoms with Gasteiger partial charge in [0.05, 0.1) is 5.69 Å². The zero-order chi connectivity index (χ0) is 15.4. The number of hydrogen-bond acceptors (Lipinski definition) is 2. The van der Waals surface area contributed by atoms with Crippen LogP contribution in [0.5, 0.6) is 0 Å². The molecule has 2 aromatic rings. The van der Waals surface area contributed by atoms with Gasteiger partial charge < -0.3 is 15.0 Å². The first-order valence-corrected chi connectivity index (χ1v) is 7.88. The summed E-state index contributed by atoms with van der Waals surface area (Å²) in [6.07, 6.45) is 9.63. The maximum Gasteiger partial charge on any atom is 0.315 e. The fourth-order valence-electron chi connectivity index (χ4n) is 2.93. The van der Waals surface area contributed by atoms with Gasteiger partial charge in [-0.05, 0) is 25.0 Å². The van der Waals surface area contributed by atoms with Crippen molar-refractivity contribution >= 4 is 11.7 Å². The third-order valence-electron chi connectivity index (χ3n) is 4.07. The second-order valence-corrected chi connectivity index (χ2v) is 5.83. The number of carbonyl (C=O) groups excluding carboxylic acids is 1. The SMILES string of the molecule is O=C(NCCc1cn2cc(F)ccc2n1)NC1CCCCC1. The molecule has 1 fully saturated rings. The van der Waals surface area contributed by atoms with Gasteiger partial charge in [0.25, 0.3) is 0 Å². The van der Waals surface area contributed by atoms with E-state index in [0.717, 1.165) is 18.5 Å². The summed E-state index contributed by atoms with van der Waals surface area (Å²) in [5, 5.41) is 5.87. The third-order valence-corrected chi connectivity index (χ3v) is 4.07. The first-order valence-electron chi connectivity index (χ1n) is 7.88. The van der Waals surface area contributed by atoms with Crippen LogP contribution < -0.4 is 10.6 Å². The quantitative estimate of drug-likeness (QED) is 0.912. The van der Waals surface area contributed by atoms with Crippen molar-refractivity contribution in [2.45, 2.75) is 44.6 Å². The third kappa shape index (κ3) is 3.75. The lowest BCUT2D eigenvalue weighted by molar-refractivity contribution is 0.233. The topological polar surface area (TPSA) is 58.4 Å². The van der Waals surface area contributed by atoms with E-state index in [4.69, 9.17) is 0 Å². The highest BCUT2D eigenvalue weighted by atomic mass is 19.1. The molecule has 118 valence electrons. The Labute approximate surface area is 128 Å². The van der Waals surface area contributed by atoms with Crippen molar-refractivity contribution < 1.29 is 9.18 Å². The van der Waals surface area contributed by atoms with Gasteiger partial charge in [0, 0.05) is 31.4 Å². The second kappa shape index (κ2) is 6.77. The molecular weight excluding hydrogens is 283 g/mol. The number of urea groups is 1. The van der Waals surface area contributed by atoms with Gasteiger partial charge in [-0.2, -0.15) is 0 Å². The van der Waals surface area contributed by atoms with E-state index in [-0.39, 0.29) is 11.8 Å². The maximum absolute atomic E-state index is 13.1. The number of rotatable bonds is 4.